The van der Waals surface area contributed by atoms with Gasteiger partial charge in [0.2, 0.25) is 5.91 Å². The summed E-state index contributed by atoms with van der Waals surface area (Å²) in [5.41, 5.74) is 2.33. The average Bonchev–Trinajstić information content (AvgIpc) is 2.70. The maximum absolute atomic E-state index is 12.6. The number of piperazine rings is 1. The molecule has 1 saturated heterocycles. The minimum atomic E-state index is 0.152. The van der Waals surface area contributed by atoms with E-state index in [2.05, 4.69) is 15.9 Å². The van der Waals surface area contributed by atoms with Gasteiger partial charge in [-0.2, -0.15) is 0 Å². The molecule has 2 aromatic rings. The highest BCUT2D eigenvalue weighted by Gasteiger charge is 2.20. The Kier molecular flexibility index (Phi) is 7.31. The van der Waals surface area contributed by atoms with Gasteiger partial charge in [0.15, 0.2) is 0 Å². The summed E-state index contributed by atoms with van der Waals surface area (Å²) in [4.78, 5) is 19.0. The number of benzene rings is 2. The number of ether oxygens (including phenoxy) is 1. The van der Waals surface area contributed by atoms with Crippen LogP contribution < -0.4 is 4.74 Å². The molecule has 0 unspecified atom stereocenters. The third kappa shape index (κ3) is 5.96. The number of nitrogens with zero attached hydrogens (tertiary/aromatic N) is 3. The van der Waals surface area contributed by atoms with Gasteiger partial charge in [-0.25, -0.2) is 0 Å². The van der Waals surface area contributed by atoms with Crippen LogP contribution in [0, 0.1) is 0 Å². The topological polar surface area (TPSA) is 36.0 Å². The van der Waals surface area contributed by atoms with Gasteiger partial charge in [0.1, 0.15) is 5.75 Å². The zero-order valence-electron chi connectivity index (χ0n) is 16.6. The molecule has 0 aliphatic carbocycles. The zero-order chi connectivity index (χ0) is 19.9. The van der Waals surface area contributed by atoms with E-state index in [0.717, 1.165) is 49.1 Å². The predicted molar refractivity (Wildman–Crippen MR) is 113 cm³/mol. The van der Waals surface area contributed by atoms with E-state index in [1.165, 1.54) is 5.56 Å². The van der Waals surface area contributed by atoms with Gasteiger partial charge < -0.3 is 9.64 Å². The second-order valence-corrected chi connectivity index (χ2v) is 7.72. The monoisotopic (exact) mass is 401 g/mol. The van der Waals surface area contributed by atoms with E-state index in [1.54, 1.807) is 12.0 Å². The van der Waals surface area contributed by atoms with Gasteiger partial charge in [0.25, 0.3) is 0 Å². The molecule has 0 saturated carbocycles. The van der Waals surface area contributed by atoms with Crippen molar-refractivity contribution in [3.63, 3.8) is 0 Å². The van der Waals surface area contributed by atoms with Gasteiger partial charge >= 0.3 is 0 Å². The van der Waals surface area contributed by atoms with E-state index in [-0.39, 0.29) is 5.91 Å². The summed E-state index contributed by atoms with van der Waals surface area (Å²) >= 11 is 6.07. The lowest BCUT2D eigenvalue weighted by Crippen LogP contribution is -2.49. The SMILES string of the molecule is COc1ccc(CN(C)C(=O)CN2CCN(Cc3cccc(Cl)c3)CC2)cc1. The van der Waals surface area contributed by atoms with Crippen LogP contribution in [0.15, 0.2) is 48.5 Å². The molecular weight excluding hydrogens is 374 g/mol. The molecule has 0 aromatic heterocycles. The zero-order valence-corrected chi connectivity index (χ0v) is 17.4. The molecular formula is C22H28ClN3O2. The highest BCUT2D eigenvalue weighted by atomic mass is 35.5. The summed E-state index contributed by atoms with van der Waals surface area (Å²) in [6, 6.07) is 15.9. The Hall–Kier alpha value is -2.08. The van der Waals surface area contributed by atoms with Crippen LogP contribution in [0.2, 0.25) is 5.02 Å². The van der Waals surface area contributed by atoms with Crippen molar-refractivity contribution < 1.29 is 9.53 Å². The number of methoxy groups -OCH3 is 1. The maximum atomic E-state index is 12.6. The Morgan fingerprint density at radius 2 is 1.71 bits per heavy atom. The van der Waals surface area contributed by atoms with Crippen LogP contribution in [0.3, 0.4) is 0 Å². The molecule has 2 aromatic carbocycles. The lowest BCUT2D eigenvalue weighted by atomic mass is 10.2. The standard InChI is InChI=1S/C22H28ClN3O2/c1-24(15-18-6-8-21(28-2)9-7-18)22(27)17-26-12-10-25(11-13-26)16-19-4-3-5-20(23)14-19/h3-9,14H,10-13,15-17H2,1-2H3. The highest BCUT2D eigenvalue weighted by Crippen LogP contribution is 2.15. The Bertz CT molecular complexity index is 774. The van der Waals surface area contributed by atoms with Crippen LogP contribution in [0.25, 0.3) is 0 Å². The normalized spacial score (nSPS) is 15.4. The fourth-order valence-electron chi connectivity index (χ4n) is 3.40. The van der Waals surface area contributed by atoms with Crippen molar-refractivity contribution in [2.24, 2.45) is 0 Å². The van der Waals surface area contributed by atoms with Gasteiger partial charge in [0.05, 0.1) is 13.7 Å². The Balaban J connectivity index is 1.42. The third-order valence-electron chi connectivity index (χ3n) is 5.12. The molecule has 0 atom stereocenters. The van der Waals surface area contributed by atoms with E-state index in [9.17, 15) is 4.79 Å². The number of rotatable bonds is 7. The smallest absolute Gasteiger partial charge is 0.236 e. The van der Waals surface area contributed by atoms with Crippen LogP contribution in [0.5, 0.6) is 5.75 Å². The van der Waals surface area contributed by atoms with Crippen LogP contribution in [0.4, 0.5) is 0 Å². The number of carbonyl (C=O) groups excluding carboxylic acids is 1. The van der Waals surface area contributed by atoms with Crippen LogP contribution in [0.1, 0.15) is 11.1 Å². The second kappa shape index (κ2) is 9.92. The van der Waals surface area contributed by atoms with Crippen LogP contribution in [-0.2, 0) is 17.9 Å². The summed E-state index contributed by atoms with van der Waals surface area (Å²) in [6.07, 6.45) is 0. The van der Waals surface area contributed by atoms with Crippen molar-refractivity contribution in [1.82, 2.24) is 14.7 Å². The number of hydrogen-bond donors (Lipinski definition) is 0. The number of carbonyl (C=O) groups is 1. The highest BCUT2D eigenvalue weighted by molar-refractivity contribution is 6.30. The van der Waals surface area contributed by atoms with Crippen molar-refractivity contribution in [2.45, 2.75) is 13.1 Å². The Morgan fingerprint density at radius 3 is 2.36 bits per heavy atom. The van der Waals surface area contributed by atoms with Gasteiger partial charge in [-0.1, -0.05) is 35.9 Å². The molecule has 6 heteroatoms. The van der Waals surface area contributed by atoms with E-state index < -0.39 is 0 Å². The van der Waals surface area contributed by atoms with Crippen molar-refractivity contribution >= 4 is 17.5 Å². The molecule has 1 heterocycles. The van der Waals surface area contributed by atoms with Crippen molar-refractivity contribution in [3.05, 3.63) is 64.7 Å². The number of likely N-dealkylation sites (N-methyl/N-ethyl adjacent to an activating group) is 1. The van der Waals surface area contributed by atoms with Gasteiger partial charge in [-0.15, -0.1) is 0 Å². The molecule has 1 aliphatic heterocycles. The van der Waals surface area contributed by atoms with E-state index in [0.29, 0.717) is 13.1 Å². The Labute approximate surface area is 172 Å². The first-order valence-corrected chi connectivity index (χ1v) is 9.97. The van der Waals surface area contributed by atoms with Gasteiger partial charge in [0, 0.05) is 51.3 Å². The number of amides is 1. The van der Waals surface area contributed by atoms with E-state index in [1.807, 2.05) is 49.5 Å². The maximum Gasteiger partial charge on any atom is 0.236 e. The van der Waals surface area contributed by atoms with Crippen LogP contribution in [-0.4, -0.2) is 67.5 Å². The largest absolute Gasteiger partial charge is 0.497 e. The summed E-state index contributed by atoms with van der Waals surface area (Å²) in [5, 5.41) is 0.779. The average molecular weight is 402 g/mol. The fourth-order valence-corrected chi connectivity index (χ4v) is 3.62. The van der Waals surface area contributed by atoms with E-state index in [4.69, 9.17) is 16.3 Å². The van der Waals surface area contributed by atoms with Gasteiger partial charge in [-0.3, -0.25) is 14.6 Å². The van der Waals surface area contributed by atoms with Crippen molar-refractivity contribution in [3.8, 4) is 5.75 Å². The molecule has 3 rings (SSSR count). The lowest BCUT2D eigenvalue weighted by Gasteiger charge is -2.35. The molecule has 1 amide bonds. The first kappa shape index (κ1) is 20.6. The fraction of sp³-hybridized carbons (Fsp3) is 0.409. The molecule has 0 N–H and O–H groups in total. The summed E-state index contributed by atoms with van der Waals surface area (Å²) < 4.78 is 5.18. The molecule has 0 bridgehead atoms. The molecule has 0 radical (unpaired) electrons. The number of hydrogen-bond acceptors (Lipinski definition) is 4. The molecule has 5 nitrogen and oxygen atoms in total. The quantitative estimate of drug-likeness (QED) is 0.714. The summed E-state index contributed by atoms with van der Waals surface area (Å²) in [5.74, 6) is 0.979. The summed E-state index contributed by atoms with van der Waals surface area (Å²) in [7, 11) is 3.52. The molecule has 0 spiro atoms. The molecule has 1 aliphatic rings. The minimum Gasteiger partial charge on any atom is -0.497 e. The Morgan fingerprint density at radius 1 is 1.04 bits per heavy atom. The predicted octanol–water partition coefficient (Wildman–Crippen LogP) is 3.12. The lowest BCUT2D eigenvalue weighted by molar-refractivity contribution is -0.132. The van der Waals surface area contributed by atoms with Crippen molar-refractivity contribution in [1.29, 1.82) is 0 Å². The first-order chi connectivity index (χ1) is 13.5. The molecule has 1 fully saturated rings. The summed E-state index contributed by atoms with van der Waals surface area (Å²) in [6.45, 7) is 5.71. The van der Waals surface area contributed by atoms with E-state index >= 15 is 0 Å². The minimum absolute atomic E-state index is 0.152. The third-order valence-corrected chi connectivity index (χ3v) is 5.36. The second-order valence-electron chi connectivity index (χ2n) is 7.28. The molecule has 150 valence electrons. The van der Waals surface area contributed by atoms with Gasteiger partial charge in [-0.05, 0) is 35.4 Å². The van der Waals surface area contributed by atoms with Crippen molar-refractivity contribution in [2.75, 3.05) is 46.9 Å². The molecule has 28 heavy (non-hydrogen) atoms. The first-order valence-electron chi connectivity index (χ1n) is 9.59. The van der Waals surface area contributed by atoms with Crippen LogP contribution >= 0.6 is 11.6 Å². The number of halogens is 1.